The molecule has 3 heterocycles. The van der Waals surface area contributed by atoms with Gasteiger partial charge in [-0.25, -0.2) is 4.98 Å². The average Bonchev–Trinajstić information content (AvgIpc) is 3.04. The highest BCUT2D eigenvalue weighted by molar-refractivity contribution is 5.76. The van der Waals surface area contributed by atoms with E-state index in [1.54, 1.807) is 0 Å². The predicted molar refractivity (Wildman–Crippen MR) is 78.9 cm³/mol. The minimum atomic E-state index is -4.54. The third-order valence-electron chi connectivity index (χ3n) is 3.71. The van der Waals surface area contributed by atoms with Gasteiger partial charge in [-0.2, -0.15) is 18.3 Å². The average molecular weight is 356 g/mol. The Balaban J connectivity index is 1.66. The Labute approximate surface area is 140 Å². The number of nitrogens with zero attached hydrogens (tertiary/aromatic N) is 5. The molecule has 0 bridgehead atoms. The fraction of sp³-hybridized carbons (Fsp3) is 0.429. The summed E-state index contributed by atoms with van der Waals surface area (Å²) in [7, 11) is 0. The monoisotopic (exact) mass is 356 g/mol. The third kappa shape index (κ3) is 3.87. The summed E-state index contributed by atoms with van der Waals surface area (Å²) in [5.41, 5.74) is 5.16. The number of halogens is 3. The van der Waals surface area contributed by atoms with Crippen molar-refractivity contribution < 1.29 is 22.7 Å². The molecule has 0 aliphatic carbocycles. The van der Waals surface area contributed by atoms with Crippen molar-refractivity contribution in [2.75, 3.05) is 25.4 Å². The van der Waals surface area contributed by atoms with E-state index in [-0.39, 0.29) is 31.4 Å². The Morgan fingerprint density at radius 1 is 1.36 bits per heavy atom. The van der Waals surface area contributed by atoms with Gasteiger partial charge in [-0.05, 0) is 6.07 Å². The molecule has 25 heavy (non-hydrogen) atoms. The number of ether oxygens (including phenoxy) is 1. The van der Waals surface area contributed by atoms with Gasteiger partial charge in [0.2, 0.25) is 5.91 Å². The first-order valence-electron chi connectivity index (χ1n) is 7.41. The molecule has 0 radical (unpaired) electrons. The number of morpholine rings is 1. The molecule has 0 spiro atoms. The molecule has 0 saturated carbocycles. The summed E-state index contributed by atoms with van der Waals surface area (Å²) in [5, 5.41) is 3.38. The van der Waals surface area contributed by atoms with Gasteiger partial charge in [-0.3, -0.25) is 14.5 Å². The second-order valence-electron chi connectivity index (χ2n) is 5.42. The molecule has 0 aromatic carbocycles. The number of nitrogens with two attached hydrogens (primary N) is 1. The molecule has 8 nitrogen and oxygen atoms in total. The largest absolute Gasteiger partial charge is 0.435 e. The van der Waals surface area contributed by atoms with E-state index < -0.39 is 18.0 Å². The van der Waals surface area contributed by atoms with Gasteiger partial charge < -0.3 is 15.4 Å². The summed E-state index contributed by atoms with van der Waals surface area (Å²) in [6, 6.07) is 0.829. The SMILES string of the molecule is Nc1nccnc1C1CN(C(=O)Cn2ccc(C(F)(F)F)n2)CCO1. The number of nitrogen functional groups attached to an aromatic ring is 1. The van der Waals surface area contributed by atoms with Crippen molar-refractivity contribution in [1.29, 1.82) is 0 Å². The standard InChI is InChI=1S/C14H15F3N6O2/c15-14(16,17)10-1-4-23(21-10)8-11(24)22-5-6-25-9(7-22)12-13(18)20-3-2-19-12/h1-4,9H,5-8H2,(H2,18,20). The molecule has 134 valence electrons. The molecule has 1 atom stereocenters. The lowest BCUT2D eigenvalue weighted by Gasteiger charge is -2.32. The normalized spacial score (nSPS) is 18.4. The molecule has 11 heteroatoms. The Bertz CT molecular complexity index is 763. The van der Waals surface area contributed by atoms with Crippen LogP contribution in [0.5, 0.6) is 0 Å². The lowest BCUT2D eigenvalue weighted by Crippen LogP contribution is -2.44. The van der Waals surface area contributed by atoms with Crippen molar-refractivity contribution in [3.63, 3.8) is 0 Å². The topological polar surface area (TPSA) is 99.2 Å². The first-order chi connectivity index (χ1) is 11.8. The fourth-order valence-corrected chi connectivity index (χ4v) is 2.49. The van der Waals surface area contributed by atoms with Crippen LogP contribution in [0.3, 0.4) is 0 Å². The van der Waals surface area contributed by atoms with Crippen LogP contribution in [0.2, 0.25) is 0 Å². The smallest absolute Gasteiger partial charge is 0.382 e. The molecule has 1 unspecified atom stereocenters. The Morgan fingerprint density at radius 2 is 2.12 bits per heavy atom. The number of rotatable bonds is 3. The molecule has 1 aliphatic rings. The number of carbonyl (C=O) groups is 1. The van der Waals surface area contributed by atoms with Gasteiger partial charge in [-0.15, -0.1) is 0 Å². The lowest BCUT2D eigenvalue weighted by molar-refractivity contribution is -0.143. The maximum absolute atomic E-state index is 12.6. The Morgan fingerprint density at radius 3 is 2.80 bits per heavy atom. The van der Waals surface area contributed by atoms with E-state index in [4.69, 9.17) is 10.5 Å². The highest BCUT2D eigenvalue weighted by Crippen LogP contribution is 2.27. The molecule has 2 N–H and O–H groups in total. The van der Waals surface area contributed by atoms with Gasteiger partial charge in [0, 0.05) is 25.1 Å². The molecule has 2 aromatic heterocycles. The molecular formula is C14H15F3N6O2. The highest BCUT2D eigenvalue weighted by atomic mass is 19.4. The number of hydrogen-bond acceptors (Lipinski definition) is 6. The van der Waals surface area contributed by atoms with Gasteiger partial charge in [0.25, 0.3) is 0 Å². The maximum atomic E-state index is 12.6. The van der Waals surface area contributed by atoms with Gasteiger partial charge in [0.1, 0.15) is 24.2 Å². The summed E-state index contributed by atoms with van der Waals surface area (Å²) >= 11 is 0. The van der Waals surface area contributed by atoms with E-state index in [9.17, 15) is 18.0 Å². The van der Waals surface area contributed by atoms with Gasteiger partial charge in [0.15, 0.2) is 5.69 Å². The van der Waals surface area contributed by atoms with Crippen molar-refractivity contribution in [2.45, 2.75) is 18.8 Å². The van der Waals surface area contributed by atoms with Crippen LogP contribution in [0.1, 0.15) is 17.5 Å². The number of aromatic nitrogens is 4. The van der Waals surface area contributed by atoms with Gasteiger partial charge in [0.05, 0.1) is 13.2 Å². The second-order valence-corrected chi connectivity index (χ2v) is 5.42. The number of anilines is 1. The maximum Gasteiger partial charge on any atom is 0.435 e. The van der Waals surface area contributed by atoms with Crippen LogP contribution in [0.25, 0.3) is 0 Å². The number of carbonyl (C=O) groups excluding carboxylic acids is 1. The van der Waals surface area contributed by atoms with Gasteiger partial charge in [-0.1, -0.05) is 0 Å². The molecule has 3 rings (SSSR count). The van der Waals surface area contributed by atoms with Crippen molar-refractivity contribution >= 4 is 11.7 Å². The molecule has 1 amide bonds. The number of hydrogen-bond donors (Lipinski definition) is 1. The van der Waals surface area contributed by atoms with Crippen LogP contribution in [0, 0.1) is 0 Å². The molecular weight excluding hydrogens is 341 g/mol. The lowest BCUT2D eigenvalue weighted by atomic mass is 10.2. The summed E-state index contributed by atoms with van der Waals surface area (Å²) in [6.45, 7) is 0.482. The van der Waals surface area contributed by atoms with E-state index >= 15 is 0 Å². The molecule has 1 fully saturated rings. The molecule has 1 saturated heterocycles. The quantitative estimate of drug-likeness (QED) is 0.876. The molecule has 2 aromatic rings. The predicted octanol–water partition coefficient (Wildman–Crippen LogP) is 0.874. The summed E-state index contributed by atoms with van der Waals surface area (Å²) in [5.74, 6) is -0.156. The summed E-state index contributed by atoms with van der Waals surface area (Å²) < 4.78 is 44.2. The van der Waals surface area contributed by atoms with Crippen LogP contribution in [0.15, 0.2) is 24.7 Å². The zero-order valence-electron chi connectivity index (χ0n) is 13.0. The minimum absolute atomic E-state index is 0.190. The number of alkyl halides is 3. The third-order valence-corrected chi connectivity index (χ3v) is 3.71. The highest BCUT2D eigenvalue weighted by Gasteiger charge is 2.34. The molecule has 1 aliphatic heterocycles. The van der Waals surface area contributed by atoms with Gasteiger partial charge >= 0.3 is 6.18 Å². The van der Waals surface area contributed by atoms with E-state index in [1.807, 2.05) is 0 Å². The van der Waals surface area contributed by atoms with E-state index in [0.717, 1.165) is 16.9 Å². The van der Waals surface area contributed by atoms with Crippen molar-refractivity contribution in [1.82, 2.24) is 24.6 Å². The van der Waals surface area contributed by atoms with Crippen LogP contribution in [-0.4, -0.2) is 50.3 Å². The fourth-order valence-electron chi connectivity index (χ4n) is 2.49. The second kappa shape index (κ2) is 6.67. The summed E-state index contributed by atoms with van der Waals surface area (Å²) in [4.78, 5) is 21.9. The van der Waals surface area contributed by atoms with Crippen molar-refractivity contribution in [3.05, 3.63) is 36.0 Å². The Kier molecular flexibility index (Phi) is 4.57. The van der Waals surface area contributed by atoms with E-state index in [0.29, 0.717) is 12.2 Å². The zero-order valence-corrected chi connectivity index (χ0v) is 13.0. The summed E-state index contributed by atoms with van der Waals surface area (Å²) in [6.07, 6.45) is -1.03. The van der Waals surface area contributed by atoms with E-state index in [1.165, 1.54) is 17.3 Å². The zero-order chi connectivity index (χ0) is 18.0. The van der Waals surface area contributed by atoms with Crippen LogP contribution >= 0.6 is 0 Å². The van der Waals surface area contributed by atoms with Crippen LogP contribution in [0.4, 0.5) is 19.0 Å². The van der Waals surface area contributed by atoms with Crippen molar-refractivity contribution in [3.8, 4) is 0 Å². The minimum Gasteiger partial charge on any atom is -0.382 e. The van der Waals surface area contributed by atoms with Crippen LogP contribution < -0.4 is 5.73 Å². The first kappa shape index (κ1) is 17.1. The Hall–Kier alpha value is -2.69. The first-order valence-corrected chi connectivity index (χ1v) is 7.41. The van der Waals surface area contributed by atoms with E-state index in [2.05, 4.69) is 15.1 Å². The van der Waals surface area contributed by atoms with Crippen LogP contribution in [-0.2, 0) is 22.3 Å². The number of amides is 1. The van der Waals surface area contributed by atoms with Crippen molar-refractivity contribution in [2.24, 2.45) is 0 Å².